The van der Waals surface area contributed by atoms with Crippen LogP contribution in [-0.2, 0) is 20.7 Å². The quantitative estimate of drug-likeness (QED) is 0.597. The number of thiazole rings is 1. The Morgan fingerprint density at radius 1 is 1.14 bits per heavy atom. The maximum absolute atomic E-state index is 13.0. The molecule has 1 aromatic heterocycles. The number of hydrogen-bond acceptors (Lipinski definition) is 5. The Morgan fingerprint density at radius 3 is 2.45 bits per heavy atom. The molecule has 5 nitrogen and oxygen atoms in total. The molecule has 0 aliphatic rings. The summed E-state index contributed by atoms with van der Waals surface area (Å²) < 4.78 is 18.3. The van der Waals surface area contributed by atoms with Crippen LogP contribution in [0.2, 0.25) is 0 Å². The lowest BCUT2D eigenvalue weighted by molar-refractivity contribution is -0.152. The second kappa shape index (κ2) is 8.96. The number of hydrogen-bond donors (Lipinski definition) is 1. The van der Waals surface area contributed by atoms with Crippen LogP contribution in [-0.4, -0.2) is 23.0 Å². The summed E-state index contributed by atoms with van der Waals surface area (Å²) >= 11 is 1.36. The fourth-order valence-corrected chi connectivity index (χ4v) is 3.62. The zero-order chi connectivity index (χ0) is 21.0. The third-order valence-electron chi connectivity index (χ3n) is 4.38. The molecule has 0 unspecified atom stereocenters. The molecule has 2 aromatic carbocycles. The second-order valence-electron chi connectivity index (χ2n) is 6.72. The number of aryl methyl sites for hydroxylation is 2. The number of para-hydroxylation sites is 1. The fraction of sp³-hybridized carbons (Fsp3) is 0.227. The number of halogens is 1. The molecule has 0 aliphatic carbocycles. The van der Waals surface area contributed by atoms with Gasteiger partial charge in [-0.25, -0.2) is 9.37 Å². The summed E-state index contributed by atoms with van der Waals surface area (Å²) in [6.07, 6.45) is -0.977. The summed E-state index contributed by atoms with van der Waals surface area (Å²) in [5.74, 6) is -1.24. The molecule has 1 heterocycles. The molecule has 0 aliphatic heterocycles. The highest BCUT2D eigenvalue weighted by Crippen LogP contribution is 2.24. The van der Waals surface area contributed by atoms with E-state index in [1.54, 1.807) is 17.5 Å². The average Bonchev–Trinajstić information content (AvgIpc) is 3.13. The number of carbonyl (C=O) groups excluding carboxylic acids is 2. The molecule has 0 bridgehead atoms. The third kappa shape index (κ3) is 5.26. The summed E-state index contributed by atoms with van der Waals surface area (Å²) in [5, 5.41) is 5.26. The summed E-state index contributed by atoms with van der Waals surface area (Å²) in [7, 11) is 0. The monoisotopic (exact) mass is 412 g/mol. The average molecular weight is 412 g/mol. The van der Waals surface area contributed by atoms with E-state index in [1.807, 2.05) is 32.0 Å². The van der Waals surface area contributed by atoms with E-state index in [1.165, 1.54) is 30.4 Å². The van der Waals surface area contributed by atoms with Crippen molar-refractivity contribution < 1.29 is 18.7 Å². The van der Waals surface area contributed by atoms with Crippen molar-refractivity contribution in [2.45, 2.75) is 33.3 Å². The number of anilines is 1. The van der Waals surface area contributed by atoms with Gasteiger partial charge in [-0.1, -0.05) is 18.2 Å². The summed E-state index contributed by atoms with van der Waals surface area (Å²) in [6, 6.07) is 11.7. The van der Waals surface area contributed by atoms with E-state index in [2.05, 4.69) is 10.3 Å². The maximum Gasteiger partial charge on any atom is 0.312 e. The van der Waals surface area contributed by atoms with Crippen LogP contribution in [0.25, 0.3) is 10.6 Å². The van der Waals surface area contributed by atoms with E-state index in [0.29, 0.717) is 10.7 Å². The number of nitrogens with one attached hydrogen (secondary N) is 1. The molecule has 1 amide bonds. The SMILES string of the molecule is Cc1cccc(C)c1NC(=O)[C@H](C)OC(=O)Cc1csc(-c2ccc(F)cc2)n1. The zero-order valence-corrected chi connectivity index (χ0v) is 17.2. The molecule has 0 saturated heterocycles. The first kappa shape index (κ1) is 20.7. The zero-order valence-electron chi connectivity index (χ0n) is 16.4. The van der Waals surface area contributed by atoms with E-state index in [0.717, 1.165) is 22.4 Å². The van der Waals surface area contributed by atoms with Crippen LogP contribution in [0.4, 0.5) is 10.1 Å². The lowest BCUT2D eigenvalue weighted by atomic mass is 10.1. The number of aromatic nitrogens is 1. The number of benzene rings is 2. The van der Waals surface area contributed by atoms with Crippen LogP contribution in [0, 0.1) is 19.7 Å². The molecule has 0 saturated carbocycles. The van der Waals surface area contributed by atoms with Crippen LogP contribution in [0.3, 0.4) is 0 Å². The second-order valence-corrected chi connectivity index (χ2v) is 7.57. The number of carbonyl (C=O) groups is 2. The van der Waals surface area contributed by atoms with Gasteiger partial charge in [-0.15, -0.1) is 11.3 Å². The Balaban J connectivity index is 1.57. The normalized spacial score (nSPS) is 11.7. The van der Waals surface area contributed by atoms with Crippen LogP contribution in [0.15, 0.2) is 47.8 Å². The molecule has 29 heavy (non-hydrogen) atoms. The molecule has 7 heteroatoms. The van der Waals surface area contributed by atoms with Gasteiger partial charge in [0.2, 0.25) is 0 Å². The molecule has 1 N–H and O–H groups in total. The maximum atomic E-state index is 13.0. The molecule has 3 aromatic rings. The smallest absolute Gasteiger partial charge is 0.312 e. The van der Waals surface area contributed by atoms with Crippen LogP contribution < -0.4 is 5.32 Å². The largest absolute Gasteiger partial charge is 0.452 e. The Kier molecular flexibility index (Phi) is 6.39. The van der Waals surface area contributed by atoms with Gasteiger partial charge >= 0.3 is 5.97 Å². The van der Waals surface area contributed by atoms with Crippen LogP contribution in [0.1, 0.15) is 23.7 Å². The first-order valence-electron chi connectivity index (χ1n) is 9.10. The Labute approximate surface area is 172 Å². The number of ether oxygens (including phenoxy) is 1. The highest BCUT2D eigenvalue weighted by Gasteiger charge is 2.20. The van der Waals surface area contributed by atoms with E-state index in [4.69, 9.17) is 4.74 Å². The molecule has 0 fully saturated rings. The highest BCUT2D eigenvalue weighted by molar-refractivity contribution is 7.13. The molecule has 0 spiro atoms. The Hall–Kier alpha value is -3.06. The minimum absolute atomic E-state index is 0.0429. The van der Waals surface area contributed by atoms with Crippen molar-refractivity contribution in [3.05, 3.63) is 70.5 Å². The molecule has 0 radical (unpaired) electrons. The lowest BCUT2D eigenvalue weighted by Gasteiger charge is -2.16. The highest BCUT2D eigenvalue weighted by atomic mass is 32.1. The predicted octanol–water partition coefficient (Wildman–Crippen LogP) is 4.68. The van der Waals surface area contributed by atoms with Crippen LogP contribution >= 0.6 is 11.3 Å². The molecule has 150 valence electrons. The van der Waals surface area contributed by atoms with Gasteiger partial charge in [0.1, 0.15) is 10.8 Å². The van der Waals surface area contributed by atoms with E-state index in [-0.39, 0.29) is 18.1 Å². The molecular weight excluding hydrogens is 391 g/mol. The summed E-state index contributed by atoms with van der Waals surface area (Å²) in [5.41, 5.74) is 3.92. The van der Waals surface area contributed by atoms with Gasteiger partial charge in [0, 0.05) is 16.6 Å². The van der Waals surface area contributed by atoms with Crippen LogP contribution in [0.5, 0.6) is 0 Å². The number of amides is 1. The van der Waals surface area contributed by atoms with Crippen molar-refractivity contribution in [1.82, 2.24) is 4.98 Å². The van der Waals surface area contributed by atoms with Gasteiger partial charge in [-0.05, 0) is 56.2 Å². The third-order valence-corrected chi connectivity index (χ3v) is 5.32. The van der Waals surface area contributed by atoms with E-state index < -0.39 is 12.1 Å². The first-order valence-corrected chi connectivity index (χ1v) is 9.98. The Bertz CT molecular complexity index is 1010. The number of rotatable bonds is 6. The predicted molar refractivity (Wildman–Crippen MR) is 111 cm³/mol. The van der Waals surface area contributed by atoms with Gasteiger partial charge in [-0.3, -0.25) is 9.59 Å². The van der Waals surface area contributed by atoms with Crippen molar-refractivity contribution in [1.29, 1.82) is 0 Å². The van der Waals surface area contributed by atoms with Crippen molar-refractivity contribution in [2.75, 3.05) is 5.32 Å². The Morgan fingerprint density at radius 2 is 1.79 bits per heavy atom. The molecule has 3 rings (SSSR count). The van der Waals surface area contributed by atoms with Gasteiger partial charge < -0.3 is 10.1 Å². The summed E-state index contributed by atoms with van der Waals surface area (Å²) in [6.45, 7) is 5.34. The minimum Gasteiger partial charge on any atom is -0.452 e. The van der Waals surface area contributed by atoms with Gasteiger partial charge in [0.05, 0.1) is 12.1 Å². The van der Waals surface area contributed by atoms with Gasteiger partial charge in [0.15, 0.2) is 6.10 Å². The first-order chi connectivity index (χ1) is 13.8. The molecular formula is C22H21FN2O3S. The van der Waals surface area contributed by atoms with Crippen molar-refractivity contribution >= 4 is 28.9 Å². The number of esters is 1. The summed E-state index contributed by atoms with van der Waals surface area (Å²) in [4.78, 5) is 29.0. The van der Waals surface area contributed by atoms with Gasteiger partial charge in [-0.2, -0.15) is 0 Å². The van der Waals surface area contributed by atoms with E-state index >= 15 is 0 Å². The lowest BCUT2D eigenvalue weighted by Crippen LogP contribution is -2.31. The van der Waals surface area contributed by atoms with Crippen molar-refractivity contribution in [3.63, 3.8) is 0 Å². The van der Waals surface area contributed by atoms with Gasteiger partial charge in [0.25, 0.3) is 5.91 Å². The number of nitrogens with zero attached hydrogens (tertiary/aromatic N) is 1. The van der Waals surface area contributed by atoms with Crippen molar-refractivity contribution in [3.8, 4) is 10.6 Å². The van der Waals surface area contributed by atoms with Crippen molar-refractivity contribution in [2.24, 2.45) is 0 Å². The standard InChI is InChI=1S/C22H21FN2O3S/c1-13-5-4-6-14(2)20(13)25-21(27)15(3)28-19(26)11-18-12-29-22(24-18)16-7-9-17(23)10-8-16/h4-10,12,15H,11H2,1-3H3,(H,25,27)/t15-/m0/s1. The molecule has 1 atom stereocenters. The topological polar surface area (TPSA) is 68.3 Å². The minimum atomic E-state index is -0.934. The fourth-order valence-electron chi connectivity index (χ4n) is 2.79. The van der Waals surface area contributed by atoms with E-state index in [9.17, 15) is 14.0 Å².